The molecule has 0 amide bonds. The van der Waals surface area contributed by atoms with Crippen LogP contribution in [0.1, 0.15) is 11.1 Å². The van der Waals surface area contributed by atoms with Crippen molar-refractivity contribution in [3.8, 4) is 0 Å². The van der Waals surface area contributed by atoms with Crippen LogP contribution in [0.25, 0.3) is 0 Å². The first-order chi connectivity index (χ1) is 9.54. The van der Waals surface area contributed by atoms with E-state index in [2.05, 4.69) is 4.98 Å². The van der Waals surface area contributed by atoms with Crippen LogP contribution in [-0.2, 0) is 17.6 Å². The fourth-order valence-corrected chi connectivity index (χ4v) is 2.08. The van der Waals surface area contributed by atoms with Gasteiger partial charge in [-0.1, -0.05) is 29.8 Å². The van der Waals surface area contributed by atoms with Crippen LogP contribution in [0.15, 0.2) is 42.6 Å². The largest absolute Gasteiger partial charge is 0.481 e. The molecule has 0 aliphatic rings. The standard InChI is InChI=1S/C15H13ClFNO2/c16-14-6-3-11(9-18-14)8-12(15(19)20)7-10-1-4-13(17)5-2-10/h1-6,9,12H,7-8H2,(H,19,20). The number of carboxylic acid groups (broad SMARTS) is 1. The number of hydrogen-bond donors (Lipinski definition) is 1. The van der Waals surface area contributed by atoms with Crippen molar-refractivity contribution < 1.29 is 14.3 Å². The van der Waals surface area contributed by atoms with Crippen LogP contribution in [0.4, 0.5) is 4.39 Å². The zero-order valence-electron chi connectivity index (χ0n) is 10.6. The molecule has 0 saturated carbocycles. The number of benzene rings is 1. The summed E-state index contributed by atoms with van der Waals surface area (Å²) in [5.74, 6) is -1.80. The van der Waals surface area contributed by atoms with Gasteiger partial charge in [0.25, 0.3) is 0 Å². The van der Waals surface area contributed by atoms with E-state index in [1.165, 1.54) is 12.1 Å². The van der Waals surface area contributed by atoms with Gasteiger partial charge in [0.15, 0.2) is 0 Å². The Morgan fingerprint density at radius 1 is 1.15 bits per heavy atom. The lowest BCUT2D eigenvalue weighted by Gasteiger charge is -2.12. The van der Waals surface area contributed by atoms with Crippen molar-refractivity contribution in [1.82, 2.24) is 4.98 Å². The van der Waals surface area contributed by atoms with E-state index in [1.807, 2.05) is 0 Å². The summed E-state index contributed by atoms with van der Waals surface area (Å²) in [5.41, 5.74) is 1.60. The first kappa shape index (κ1) is 14.5. The van der Waals surface area contributed by atoms with Crippen LogP contribution in [-0.4, -0.2) is 16.1 Å². The summed E-state index contributed by atoms with van der Waals surface area (Å²) in [6.07, 6.45) is 2.28. The van der Waals surface area contributed by atoms with Crippen molar-refractivity contribution in [2.45, 2.75) is 12.8 Å². The first-order valence-corrected chi connectivity index (χ1v) is 6.50. The average molecular weight is 294 g/mol. The normalized spacial score (nSPS) is 12.1. The Balaban J connectivity index is 2.09. The molecule has 0 spiro atoms. The highest BCUT2D eigenvalue weighted by Crippen LogP contribution is 2.16. The maximum atomic E-state index is 12.8. The fraction of sp³-hybridized carbons (Fsp3) is 0.200. The number of aromatic nitrogens is 1. The Morgan fingerprint density at radius 3 is 2.30 bits per heavy atom. The molecule has 20 heavy (non-hydrogen) atoms. The molecule has 0 bridgehead atoms. The van der Waals surface area contributed by atoms with Gasteiger partial charge in [0.05, 0.1) is 5.92 Å². The number of rotatable bonds is 5. The van der Waals surface area contributed by atoms with E-state index in [0.29, 0.717) is 18.0 Å². The van der Waals surface area contributed by atoms with Crippen LogP contribution in [0, 0.1) is 11.7 Å². The molecule has 0 aliphatic heterocycles. The van der Waals surface area contributed by atoms with Crippen molar-refractivity contribution >= 4 is 17.6 Å². The van der Waals surface area contributed by atoms with E-state index < -0.39 is 11.9 Å². The second-order valence-corrected chi connectivity index (χ2v) is 4.95. The molecule has 1 heterocycles. The van der Waals surface area contributed by atoms with Gasteiger partial charge in [0.2, 0.25) is 0 Å². The van der Waals surface area contributed by atoms with Gasteiger partial charge >= 0.3 is 5.97 Å². The number of carbonyl (C=O) groups is 1. The SMILES string of the molecule is O=C(O)C(Cc1ccc(F)cc1)Cc1ccc(Cl)nc1. The number of pyridine rings is 1. The van der Waals surface area contributed by atoms with Crippen LogP contribution in [0.3, 0.4) is 0 Å². The Labute approximate surface area is 121 Å². The lowest BCUT2D eigenvalue weighted by atomic mass is 9.93. The molecular formula is C15H13ClFNO2. The molecule has 2 rings (SSSR count). The maximum Gasteiger partial charge on any atom is 0.307 e. The predicted octanol–water partition coefficient (Wildman–Crippen LogP) is 3.36. The van der Waals surface area contributed by atoms with E-state index in [1.54, 1.807) is 30.5 Å². The summed E-state index contributed by atoms with van der Waals surface area (Å²) in [4.78, 5) is 15.3. The Hall–Kier alpha value is -1.94. The van der Waals surface area contributed by atoms with Crippen LogP contribution < -0.4 is 0 Å². The van der Waals surface area contributed by atoms with Gasteiger partial charge in [-0.2, -0.15) is 0 Å². The second kappa shape index (κ2) is 6.48. The molecule has 0 saturated heterocycles. The van der Waals surface area contributed by atoms with Gasteiger partial charge in [-0.05, 0) is 42.2 Å². The van der Waals surface area contributed by atoms with Gasteiger partial charge in [-0.15, -0.1) is 0 Å². The lowest BCUT2D eigenvalue weighted by molar-refractivity contribution is -0.141. The van der Waals surface area contributed by atoms with E-state index in [4.69, 9.17) is 11.6 Å². The molecule has 1 unspecified atom stereocenters. The third-order valence-electron chi connectivity index (χ3n) is 3.02. The summed E-state index contributed by atoms with van der Waals surface area (Å²) in [6, 6.07) is 9.26. The van der Waals surface area contributed by atoms with E-state index in [0.717, 1.165) is 11.1 Å². The van der Waals surface area contributed by atoms with Crippen LogP contribution in [0.2, 0.25) is 5.15 Å². The Bertz CT molecular complexity index is 536. The van der Waals surface area contributed by atoms with E-state index in [9.17, 15) is 14.3 Å². The molecule has 1 atom stereocenters. The number of halogens is 2. The molecule has 1 aromatic carbocycles. The highest BCUT2D eigenvalue weighted by Gasteiger charge is 2.18. The van der Waals surface area contributed by atoms with E-state index in [-0.39, 0.29) is 5.82 Å². The minimum Gasteiger partial charge on any atom is -0.481 e. The summed E-state index contributed by atoms with van der Waals surface area (Å²) in [7, 11) is 0. The number of nitrogens with zero attached hydrogens (tertiary/aromatic N) is 1. The third-order valence-corrected chi connectivity index (χ3v) is 3.24. The van der Waals surface area contributed by atoms with Gasteiger partial charge < -0.3 is 5.11 Å². The molecule has 2 aromatic rings. The molecule has 0 radical (unpaired) electrons. The average Bonchev–Trinajstić information content (AvgIpc) is 2.42. The minimum absolute atomic E-state index is 0.331. The first-order valence-electron chi connectivity index (χ1n) is 6.12. The van der Waals surface area contributed by atoms with Gasteiger partial charge in [-0.25, -0.2) is 9.37 Å². The summed E-state index contributed by atoms with van der Waals surface area (Å²) in [6.45, 7) is 0. The monoisotopic (exact) mass is 293 g/mol. The van der Waals surface area contributed by atoms with Gasteiger partial charge in [-0.3, -0.25) is 4.79 Å². The zero-order chi connectivity index (χ0) is 14.5. The third kappa shape index (κ3) is 4.03. The topological polar surface area (TPSA) is 50.2 Å². The lowest BCUT2D eigenvalue weighted by Crippen LogP contribution is -2.19. The number of carboxylic acids is 1. The van der Waals surface area contributed by atoms with E-state index >= 15 is 0 Å². The van der Waals surface area contributed by atoms with Gasteiger partial charge in [0, 0.05) is 6.20 Å². The van der Waals surface area contributed by atoms with Crippen molar-refractivity contribution in [3.63, 3.8) is 0 Å². The Morgan fingerprint density at radius 2 is 1.75 bits per heavy atom. The predicted molar refractivity (Wildman–Crippen MR) is 74.2 cm³/mol. The van der Waals surface area contributed by atoms with Crippen molar-refractivity contribution in [3.05, 3.63) is 64.7 Å². The summed E-state index contributed by atoms with van der Waals surface area (Å²) in [5, 5.41) is 9.66. The van der Waals surface area contributed by atoms with Crippen molar-refractivity contribution in [1.29, 1.82) is 0 Å². The smallest absolute Gasteiger partial charge is 0.307 e. The number of aliphatic carboxylic acids is 1. The van der Waals surface area contributed by atoms with Crippen LogP contribution in [0.5, 0.6) is 0 Å². The van der Waals surface area contributed by atoms with Gasteiger partial charge in [0.1, 0.15) is 11.0 Å². The minimum atomic E-state index is -0.885. The highest BCUT2D eigenvalue weighted by atomic mass is 35.5. The molecular weight excluding hydrogens is 281 g/mol. The quantitative estimate of drug-likeness (QED) is 0.860. The second-order valence-electron chi connectivity index (χ2n) is 4.56. The molecule has 1 aromatic heterocycles. The summed E-state index contributed by atoms with van der Waals surface area (Å²) < 4.78 is 12.8. The maximum absolute atomic E-state index is 12.8. The number of hydrogen-bond acceptors (Lipinski definition) is 2. The highest BCUT2D eigenvalue weighted by molar-refractivity contribution is 6.29. The fourth-order valence-electron chi connectivity index (χ4n) is 1.96. The Kier molecular flexibility index (Phi) is 4.69. The molecule has 0 aliphatic carbocycles. The molecule has 3 nitrogen and oxygen atoms in total. The van der Waals surface area contributed by atoms with Crippen LogP contribution >= 0.6 is 11.6 Å². The molecule has 104 valence electrons. The zero-order valence-corrected chi connectivity index (χ0v) is 11.3. The summed E-state index contributed by atoms with van der Waals surface area (Å²) >= 11 is 5.69. The molecule has 1 N–H and O–H groups in total. The molecule has 5 heteroatoms. The van der Waals surface area contributed by atoms with Crippen molar-refractivity contribution in [2.24, 2.45) is 5.92 Å². The molecule has 0 fully saturated rings. The van der Waals surface area contributed by atoms with Crippen molar-refractivity contribution in [2.75, 3.05) is 0 Å².